The van der Waals surface area contributed by atoms with Crippen molar-refractivity contribution in [2.45, 2.75) is 45.1 Å². The van der Waals surface area contributed by atoms with Crippen molar-refractivity contribution in [1.29, 1.82) is 0 Å². The molecule has 0 bridgehead atoms. The number of piperidine rings is 1. The number of nitrogens with two attached hydrogens (primary N) is 1. The van der Waals surface area contributed by atoms with Crippen molar-refractivity contribution < 1.29 is 19.5 Å². The topological polar surface area (TPSA) is 113 Å². The Morgan fingerprint density at radius 2 is 1.95 bits per heavy atom. The molecule has 1 saturated heterocycles. The minimum atomic E-state index is -0.822. The first-order chi connectivity index (χ1) is 9.40. The molecular weight excluding hydrogens is 262 g/mol. The van der Waals surface area contributed by atoms with Crippen LogP contribution in [0, 0.1) is 5.92 Å². The number of aliphatic carboxylic acids is 1. The minimum absolute atomic E-state index is 0.0595. The van der Waals surface area contributed by atoms with E-state index >= 15 is 0 Å². The van der Waals surface area contributed by atoms with Crippen LogP contribution in [0.25, 0.3) is 0 Å². The zero-order valence-corrected chi connectivity index (χ0v) is 11.8. The zero-order valence-electron chi connectivity index (χ0n) is 11.8. The highest BCUT2D eigenvalue weighted by molar-refractivity contribution is 5.78. The number of carboxylic acids is 1. The summed E-state index contributed by atoms with van der Waals surface area (Å²) in [6.07, 6.45) is 2.51. The van der Waals surface area contributed by atoms with E-state index in [0.29, 0.717) is 38.8 Å². The maximum atomic E-state index is 12.0. The summed E-state index contributed by atoms with van der Waals surface area (Å²) < 4.78 is 0. The van der Waals surface area contributed by atoms with Gasteiger partial charge in [0, 0.05) is 31.5 Å². The van der Waals surface area contributed by atoms with E-state index < -0.39 is 5.97 Å². The van der Waals surface area contributed by atoms with E-state index in [4.69, 9.17) is 10.8 Å². The normalized spacial score (nSPS) is 17.6. The van der Waals surface area contributed by atoms with Gasteiger partial charge >= 0.3 is 12.0 Å². The molecule has 4 N–H and O–H groups in total. The van der Waals surface area contributed by atoms with Gasteiger partial charge in [0.2, 0.25) is 5.91 Å². The number of carbonyl (C=O) groups excluding carboxylic acids is 2. The molecule has 1 atom stereocenters. The molecule has 3 amide bonds. The Bertz CT molecular complexity index is 365. The highest BCUT2D eigenvalue weighted by atomic mass is 16.4. The number of hydrogen-bond donors (Lipinski definition) is 3. The maximum Gasteiger partial charge on any atom is 0.317 e. The molecule has 1 rings (SSSR count). The largest absolute Gasteiger partial charge is 0.481 e. The fourth-order valence-corrected chi connectivity index (χ4v) is 2.30. The molecule has 1 aliphatic rings. The lowest BCUT2D eigenvalue weighted by Gasteiger charge is -2.31. The molecule has 1 fully saturated rings. The van der Waals surface area contributed by atoms with Crippen LogP contribution in [0.1, 0.15) is 39.0 Å². The Hall–Kier alpha value is -1.79. The summed E-state index contributed by atoms with van der Waals surface area (Å²) in [7, 11) is 0. The highest BCUT2D eigenvalue weighted by Gasteiger charge is 2.26. The van der Waals surface area contributed by atoms with Gasteiger partial charge in [-0.15, -0.1) is 0 Å². The molecule has 1 aliphatic heterocycles. The summed E-state index contributed by atoms with van der Waals surface area (Å²) in [4.78, 5) is 35.1. The Kier molecular flexibility index (Phi) is 6.27. The second kappa shape index (κ2) is 7.72. The summed E-state index contributed by atoms with van der Waals surface area (Å²) in [6.45, 7) is 2.92. The maximum absolute atomic E-state index is 12.0. The first kappa shape index (κ1) is 16.3. The second-order valence-electron chi connectivity index (χ2n) is 5.30. The minimum Gasteiger partial charge on any atom is -0.481 e. The standard InChI is InChI=1S/C13H23N3O4/c1-9(3-2-4-11(17)18)15-13(20)16-7-5-10(6-8-16)12(14)19/h9-10H,2-8H2,1H3,(H2,14,19)(H,15,20)(H,17,18). The summed E-state index contributed by atoms with van der Waals surface area (Å²) in [5.41, 5.74) is 5.24. The van der Waals surface area contributed by atoms with Crippen molar-refractivity contribution >= 4 is 17.9 Å². The molecule has 0 aromatic rings. The summed E-state index contributed by atoms with van der Waals surface area (Å²) >= 11 is 0. The lowest BCUT2D eigenvalue weighted by Crippen LogP contribution is -2.48. The van der Waals surface area contributed by atoms with E-state index in [-0.39, 0.29) is 30.3 Å². The Labute approximate surface area is 118 Å². The smallest absolute Gasteiger partial charge is 0.317 e. The second-order valence-corrected chi connectivity index (χ2v) is 5.30. The van der Waals surface area contributed by atoms with Crippen LogP contribution >= 0.6 is 0 Å². The molecule has 0 aromatic heterocycles. The van der Waals surface area contributed by atoms with Crippen LogP contribution in [0.4, 0.5) is 4.79 Å². The third-order valence-corrected chi connectivity index (χ3v) is 3.58. The summed E-state index contributed by atoms with van der Waals surface area (Å²) in [5, 5.41) is 11.4. The van der Waals surface area contributed by atoms with Crippen molar-refractivity contribution in [1.82, 2.24) is 10.2 Å². The van der Waals surface area contributed by atoms with Crippen molar-refractivity contribution in [3.63, 3.8) is 0 Å². The first-order valence-electron chi connectivity index (χ1n) is 6.96. The molecule has 7 nitrogen and oxygen atoms in total. The van der Waals surface area contributed by atoms with E-state index in [1.807, 2.05) is 6.92 Å². The van der Waals surface area contributed by atoms with Crippen LogP contribution in [0.15, 0.2) is 0 Å². The lowest BCUT2D eigenvalue weighted by atomic mass is 9.96. The third kappa shape index (κ3) is 5.46. The average Bonchev–Trinajstić information content (AvgIpc) is 2.38. The molecule has 1 heterocycles. The van der Waals surface area contributed by atoms with E-state index in [2.05, 4.69) is 5.32 Å². The van der Waals surface area contributed by atoms with Crippen LogP contribution in [0.2, 0.25) is 0 Å². The molecule has 0 aliphatic carbocycles. The number of amides is 3. The number of likely N-dealkylation sites (tertiary alicyclic amines) is 1. The van der Waals surface area contributed by atoms with Crippen LogP contribution in [0.5, 0.6) is 0 Å². The predicted octanol–water partition coefficient (Wildman–Crippen LogP) is 0.537. The number of hydrogen-bond acceptors (Lipinski definition) is 3. The summed E-state index contributed by atoms with van der Waals surface area (Å²) in [5.74, 6) is -1.25. The van der Waals surface area contributed by atoms with E-state index in [0.717, 1.165) is 0 Å². The van der Waals surface area contributed by atoms with Gasteiger partial charge in [-0.1, -0.05) is 0 Å². The van der Waals surface area contributed by atoms with Gasteiger partial charge in [-0.25, -0.2) is 4.79 Å². The van der Waals surface area contributed by atoms with Gasteiger partial charge in [0.1, 0.15) is 0 Å². The van der Waals surface area contributed by atoms with Crippen molar-refractivity contribution in [3.8, 4) is 0 Å². The van der Waals surface area contributed by atoms with Gasteiger partial charge in [0.25, 0.3) is 0 Å². The fraction of sp³-hybridized carbons (Fsp3) is 0.769. The van der Waals surface area contributed by atoms with Crippen LogP contribution < -0.4 is 11.1 Å². The van der Waals surface area contributed by atoms with Crippen molar-refractivity contribution in [2.75, 3.05) is 13.1 Å². The van der Waals surface area contributed by atoms with Crippen LogP contribution in [-0.2, 0) is 9.59 Å². The van der Waals surface area contributed by atoms with Gasteiger partial charge in [0.05, 0.1) is 0 Å². The van der Waals surface area contributed by atoms with Gasteiger partial charge in [-0.05, 0) is 32.6 Å². The van der Waals surface area contributed by atoms with E-state index in [9.17, 15) is 14.4 Å². The summed E-state index contributed by atoms with van der Waals surface area (Å²) in [6, 6.07) is -0.216. The molecule has 20 heavy (non-hydrogen) atoms. The van der Waals surface area contributed by atoms with Gasteiger partial charge in [0.15, 0.2) is 0 Å². The monoisotopic (exact) mass is 285 g/mol. The molecular formula is C13H23N3O4. The molecule has 0 radical (unpaired) electrons. The van der Waals surface area contributed by atoms with E-state index in [1.165, 1.54) is 0 Å². The first-order valence-corrected chi connectivity index (χ1v) is 6.96. The Morgan fingerprint density at radius 3 is 2.45 bits per heavy atom. The predicted molar refractivity (Wildman–Crippen MR) is 73.0 cm³/mol. The highest BCUT2D eigenvalue weighted by Crippen LogP contribution is 2.16. The molecule has 7 heteroatoms. The Morgan fingerprint density at radius 1 is 1.35 bits per heavy atom. The number of primary amides is 1. The van der Waals surface area contributed by atoms with Gasteiger partial charge < -0.3 is 21.1 Å². The van der Waals surface area contributed by atoms with Gasteiger partial charge in [-0.2, -0.15) is 0 Å². The molecule has 1 unspecified atom stereocenters. The van der Waals surface area contributed by atoms with E-state index in [1.54, 1.807) is 4.90 Å². The van der Waals surface area contributed by atoms with Crippen LogP contribution in [-0.4, -0.2) is 47.0 Å². The third-order valence-electron chi connectivity index (χ3n) is 3.58. The Balaban J connectivity index is 2.26. The number of nitrogens with one attached hydrogen (secondary N) is 1. The van der Waals surface area contributed by atoms with Crippen LogP contribution in [0.3, 0.4) is 0 Å². The molecule has 0 saturated carbocycles. The zero-order chi connectivity index (χ0) is 15.1. The van der Waals surface area contributed by atoms with Crippen molar-refractivity contribution in [2.24, 2.45) is 11.7 Å². The quantitative estimate of drug-likeness (QED) is 0.661. The number of rotatable bonds is 6. The SMILES string of the molecule is CC(CCCC(=O)O)NC(=O)N1CCC(C(N)=O)CC1. The molecule has 0 aromatic carbocycles. The lowest BCUT2D eigenvalue weighted by molar-refractivity contribution is -0.137. The number of carbonyl (C=O) groups is 3. The van der Waals surface area contributed by atoms with Crippen molar-refractivity contribution in [3.05, 3.63) is 0 Å². The number of nitrogens with zero attached hydrogens (tertiary/aromatic N) is 1. The molecule has 114 valence electrons. The van der Waals surface area contributed by atoms with Gasteiger partial charge in [-0.3, -0.25) is 9.59 Å². The molecule has 0 spiro atoms. The number of urea groups is 1. The fourth-order valence-electron chi connectivity index (χ4n) is 2.30. The average molecular weight is 285 g/mol. The number of carboxylic acid groups (broad SMARTS) is 1.